The van der Waals surface area contributed by atoms with Crippen LogP contribution in [0, 0.1) is 0 Å². The molecule has 3 heterocycles. The first-order valence-electron chi connectivity index (χ1n) is 8.31. The van der Waals surface area contributed by atoms with Gasteiger partial charge >= 0.3 is 0 Å². The van der Waals surface area contributed by atoms with Crippen molar-refractivity contribution in [1.29, 1.82) is 0 Å². The Morgan fingerprint density at radius 1 is 1.14 bits per heavy atom. The minimum absolute atomic E-state index is 0.0457. The van der Waals surface area contributed by atoms with E-state index < -0.39 is 30.0 Å². The second kappa shape index (κ2) is 6.91. The summed E-state index contributed by atoms with van der Waals surface area (Å²) in [4.78, 5) is 8.72. The third-order valence-corrected chi connectivity index (χ3v) is 7.89. The number of hydrogen-bond acceptors (Lipinski definition) is 10. The minimum Gasteiger partial charge on any atom is -0.304 e. The summed E-state index contributed by atoms with van der Waals surface area (Å²) in [5, 5.41) is 18.0. The van der Waals surface area contributed by atoms with E-state index in [0.717, 1.165) is 0 Å². The molecule has 0 aliphatic carbocycles. The van der Waals surface area contributed by atoms with Gasteiger partial charge < -0.3 is 4.90 Å². The van der Waals surface area contributed by atoms with Gasteiger partial charge in [0.25, 0.3) is 0 Å². The monoisotopic (exact) mass is 436 g/mol. The van der Waals surface area contributed by atoms with Crippen LogP contribution < -0.4 is 5.14 Å². The summed E-state index contributed by atoms with van der Waals surface area (Å²) >= 11 is 0. The van der Waals surface area contributed by atoms with Gasteiger partial charge in [0.1, 0.15) is 11.2 Å². The van der Waals surface area contributed by atoms with Crippen LogP contribution in [0.1, 0.15) is 0 Å². The molecule has 0 radical (unpaired) electrons. The zero-order valence-corrected chi connectivity index (χ0v) is 16.7. The molecule has 1 aliphatic heterocycles. The third kappa shape index (κ3) is 3.39. The summed E-state index contributed by atoms with van der Waals surface area (Å²) in [5.74, 6) is -0.0457. The van der Waals surface area contributed by atoms with Gasteiger partial charge in [-0.05, 0) is 29.1 Å². The van der Waals surface area contributed by atoms with Crippen molar-refractivity contribution in [3.8, 4) is 22.5 Å². The molecule has 0 amide bonds. The molecule has 14 heteroatoms. The van der Waals surface area contributed by atoms with Crippen molar-refractivity contribution in [1.82, 2.24) is 35.5 Å². The van der Waals surface area contributed by atoms with Gasteiger partial charge in [-0.25, -0.2) is 37.0 Å². The first-order valence-corrected chi connectivity index (χ1v) is 11.4. The minimum atomic E-state index is -4.48. The second-order valence-electron chi connectivity index (χ2n) is 6.63. The van der Waals surface area contributed by atoms with Gasteiger partial charge in [-0.1, -0.05) is 6.07 Å². The zero-order valence-electron chi connectivity index (χ0n) is 15.1. The van der Waals surface area contributed by atoms with Gasteiger partial charge in [-0.15, -0.1) is 5.10 Å². The van der Waals surface area contributed by atoms with Crippen LogP contribution in [0.3, 0.4) is 0 Å². The Morgan fingerprint density at radius 3 is 2.38 bits per heavy atom. The fraction of sp³-hybridized carbons (Fsp3) is 0.267. The van der Waals surface area contributed by atoms with Crippen LogP contribution in [0.2, 0.25) is 0 Å². The Morgan fingerprint density at radius 2 is 1.83 bits per heavy atom. The molecule has 1 saturated heterocycles. The van der Waals surface area contributed by atoms with E-state index >= 15 is 0 Å². The predicted octanol–water partition coefficient (Wildman–Crippen LogP) is -0.941. The molecule has 1 aromatic carbocycles. The smallest absolute Gasteiger partial charge is 0.240 e. The van der Waals surface area contributed by atoms with E-state index in [0.29, 0.717) is 24.2 Å². The SMILES string of the molecule is CN1CC(S(=O)(=O)c2ccc(-c3cncnc3)c(-c3nnn[nH]3)c2S(N)(=O)=O)C1. The fourth-order valence-corrected chi connectivity index (χ4v) is 6.68. The standard InChI is InChI=1S/C15H16N8O4S2/c1-23-6-10(7-23)28(24,25)12-3-2-11(9-4-17-8-18-5-9)13(14(12)29(16,26)27)15-19-21-22-20-15/h2-5,8,10H,6-7H2,1H3,(H2,16,26,27)(H,19,20,21,22). The molecular formula is C15H16N8O4S2. The first kappa shape index (κ1) is 19.5. The number of rotatable bonds is 5. The third-order valence-electron chi connectivity index (χ3n) is 4.64. The average molecular weight is 436 g/mol. The Labute approximate surface area is 166 Å². The van der Waals surface area contributed by atoms with Crippen molar-refractivity contribution in [3.05, 3.63) is 30.9 Å². The van der Waals surface area contributed by atoms with Gasteiger partial charge in [-0.3, -0.25) is 0 Å². The summed E-state index contributed by atoms with van der Waals surface area (Å²) in [6, 6.07) is 2.71. The van der Waals surface area contributed by atoms with E-state index in [-0.39, 0.29) is 16.3 Å². The van der Waals surface area contributed by atoms with Crippen LogP contribution in [0.15, 0.2) is 40.6 Å². The molecule has 3 aromatic rings. The molecule has 29 heavy (non-hydrogen) atoms. The summed E-state index contributed by atoms with van der Waals surface area (Å²) in [5.41, 5.74) is 0.704. The number of aromatic nitrogens is 6. The number of nitrogens with two attached hydrogens (primary N) is 1. The van der Waals surface area contributed by atoms with E-state index in [1.54, 1.807) is 7.05 Å². The maximum atomic E-state index is 13.2. The molecule has 0 atom stereocenters. The number of nitrogens with zero attached hydrogens (tertiary/aromatic N) is 6. The predicted molar refractivity (Wildman–Crippen MR) is 100 cm³/mol. The largest absolute Gasteiger partial charge is 0.304 e. The molecule has 0 spiro atoms. The van der Waals surface area contributed by atoms with Crippen molar-refractivity contribution in [2.24, 2.45) is 5.14 Å². The lowest BCUT2D eigenvalue weighted by Crippen LogP contribution is -2.52. The number of hydrogen-bond donors (Lipinski definition) is 2. The number of nitrogens with one attached hydrogen (secondary N) is 1. The van der Waals surface area contributed by atoms with Gasteiger partial charge in [0.2, 0.25) is 10.0 Å². The number of sulfonamides is 1. The molecule has 3 N–H and O–H groups in total. The molecule has 2 aromatic heterocycles. The Hall–Kier alpha value is -2.81. The highest BCUT2D eigenvalue weighted by Crippen LogP contribution is 2.39. The second-order valence-corrected chi connectivity index (χ2v) is 10.3. The number of H-pyrrole nitrogens is 1. The van der Waals surface area contributed by atoms with Crippen molar-refractivity contribution in [3.63, 3.8) is 0 Å². The van der Waals surface area contributed by atoms with E-state index in [1.807, 2.05) is 4.90 Å². The molecule has 0 saturated carbocycles. The van der Waals surface area contributed by atoms with Crippen molar-refractivity contribution >= 4 is 19.9 Å². The van der Waals surface area contributed by atoms with Crippen LogP contribution in [-0.4, -0.2) is 77.7 Å². The maximum absolute atomic E-state index is 13.2. The Balaban J connectivity index is 2.06. The maximum Gasteiger partial charge on any atom is 0.240 e. The molecule has 12 nitrogen and oxygen atoms in total. The summed E-state index contributed by atoms with van der Waals surface area (Å²) in [7, 11) is -6.69. The first-order chi connectivity index (χ1) is 13.7. The molecule has 1 aliphatic rings. The average Bonchev–Trinajstić information content (AvgIpc) is 3.18. The van der Waals surface area contributed by atoms with E-state index in [4.69, 9.17) is 5.14 Å². The fourth-order valence-electron chi connectivity index (χ4n) is 3.27. The van der Waals surface area contributed by atoms with E-state index in [2.05, 4.69) is 30.6 Å². The zero-order chi connectivity index (χ0) is 20.8. The van der Waals surface area contributed by atoms with Crippen LogP contribution in [0.25, 0.3) is 22.5 Å². The lowest BCUT2D eigenvalue weighted by Gasteiger charge is -2.35. The normalized spacial score (nSPS) is 15.9. The summed E-state index contributed by atoms with van der Waals surface area (Å²) < 4.78 is 51.5. The molecule has 1 fully saturated rings. The van der Waals surface area contributed by atoms with Crippen LogP contribution in [0.4, 0.5) is 0 Å². The van der Waals surface area contributed by atoms with E-state index in [1.165, 1.54) is 30.9 Å². The van der Waals surface area contributed by atoms with Gasteiger partial charge in [0.05, 0.1) is 10.1 Å². The summed E-state index contributed by atoms with van der Waals surface area (Å²) in [6.45, 7) is 0.583. The number of tetrazole rings is 1. The number of sulfone groups is 1. The van der Waals surface area contributed by atoms with Crippen molar-refractivity contribution in [2.45, 2.75) is 15.0 Å². The topological polar surface area (TPSA) is 178 Å². The van der Waals surface area contributed by atoms with Crippen LogP contribution >= 0.6 is 0 Å². The molecular weight excluding hydrogens is 420 g/mol. The van der Waals surface area contributed by atoms with Crippen molar-refractivity contribution in [2.75, 3.05) is 20.1 Å². The van der Waals surface area contributed by atoms with Gasteiger partial charge in [0.15, 0.2) is 15.7 Å². The lowest BCUT2D eigenvalue weighted by atomic mass is 10.0. The van der Waals surface area contributed by atoms with Crippen molar-refractivity contribution < 1.29 is 16.8 Å². The number of likely N-dealkylation sites (tertiary alicyclic amines) is 1. The van der Waals surface area contributed by atoms with Gasteiger partial charge in [-0.2, -0.15) is 0 Å². The summed E-state index contributed by atoms with van der Waals surface area (Å²) in [6.07, 6.45) is 4.22. The molecule has 4 rings (SSSR count). The molecule has 0 bridgehead atoms. The molecule has 152 valence electrons. The van der Waals surface area contributed by atoms with Gasteiger partial charge in [0, 0.05) is 36.6 Å². The number of benzene rings is 1. The Bertz CT molecular complexity index is 1260. The van der Waals surface area contributed by atoms with E-state index in [9.17, 15) is 16.8 Å². The highest BCUT2D eigenvalue weighted by atomic mass is 32.2. The quantitative estimate of drug-likeness (QED) is 0.507. The van der Waals surface area contributed by atoms with Crippen LogP contribution in [0.5, 0.6) is 0 Å². The Kier molecular flexibility index (Phi) is 4.65. The highest BCUT2D eigenvalue weighted by Gasteiger charge is 2.40. The highest BCUT2D eigenvalue weighted by molar-refractivity contribution is 7.94. The molecule has 0 unspecified atom stereocenters. The number of primary sulfonamides is 1. The lowest BCUT2D eigenvalue weighted by molar-refractivity contribution is 0.231. The number of aromatic amines is 1. The van der Waals surface area contributed by atoms with Crippen LogP contribution in [-0.2, 0) is 19.9 Å².